The van der Waals surface area contributed by atoms with Crippen LogP contribution in [-0.2, 0) is 0 Å². The molecule has 0 amide bonds. The first kappa shape index (κ1) is 13.9. The minimum atomic E-state index is -1.10. The van der Waals surface area contributed by atoms with E-state index in [1.165, 1.54) is 6.07 Å². The molecular weight excluding hydrogens is 228 g/mol. The van der Waals surface area contributed by atoms with Gasteiger partial charge in [-0.2, -0.15) is 0 Å². The average Bonchev–Trinajstić information content (AvgIpc) is 2.25. The molecule has 0 aliphatic carbocycles. The van der Waals surface area contributed by atoms with E-state index < -0.39 is 17.2 Å². The Labute approximate surface area is 99.4 Å². The molecule has 1 atom stereocenters. The number of rotatable bonds is 6. The largest absolute Gasteiger partial charge is 0.487 e. The van der Waals surface area contributed by atoms with E-state index in [1.807, 2.05) is 6.92 Å². The lowest BCUT2D eigenvalue weighted by molar-refractivity contribution is 0.0115. The van der Waals surface area contributed by atoms with Gasteiger partial charge in [0.05, 0.1) is 0 Å². The van der Waals surface area contributed by atoms with Gasteiger partial charge in [-0.1, -0.05) is 6.92 Å². The van der Waals surface area contributed by atoms with Gasteiger partial charge in [0.25, 0.3) is 0 Å². The first-order chi connectivity index (χ1) is 7.94. The second-order valence-electron chi connectivity index (χ2n) is 4.14. The van der Waals surface area contributed by atoms with Crippen molar-refractivity contribution in [3.63, 3.8) is 0 Å². The molecular formula is C12H17F2NO2. The van der Waals surface area contributed by atoms with Gasteiger partial charge in [-0.3, -0.25) is 0 Å². The van der Waals surface area contributed by atoms with Crippen molar-refractivity contribution in [3.8, 4) is 5.75 Å². The summed E-state index contributed by atoms with van der Waals surface area (Å²) >= 11 is 0. The SMILES string of the molecule is CCNCC(C)(O)COc1ccc(F)cc1F. The number of aliphatic hydroxyl groups is 1. The zero-order valence-electron chi connectivity index (χ0n) is 9.96. The van der Waals surface area contributed by atoms with Crippen LogP contribution < -0.4 is 10.1 Å². The summed E-state index contributed by atoms with van der Waals surface area (Å²) in [5.74, 6) is -1.50. The van der Waals surface area contributed by atoms with Crippen LogP contribution in [0.5, 0.6) is 5.75 Å². The number of likely N-dealkylation sites (N-methyl/N-ethyl adjacent to an activating group) is 1. The van der Waals surface area contributed by atoms with Crippen molar-refractivity contribution in [1.29, 1.82) is 0 Å². The molecule has 0 aromatic heterocycles. The summed E-state index contributed by atoms with van der Waals surface area (Å²) in [6.07, 6.45) is 0. The third kappa shape index (κ3) is 4.66. The lowest BCUT2D eigenvalue weighted by Gasteiger charge is -2.23. The van der Waals surface area contributed by atoms with E-state index >= 15 is 0 Å². The van der Waals surface area contributed by atoms with Crippen LogP contribution >= 0.6 is 0 Å². The molecule has 5 heteroatoms. The molecule has 0 saturated heterocycles. The fraction of sp³-hybridized carbons (Fsp3) is 0.500. The van der Waals surface area contributed by atoms with Crippen LogP contribution in [-0.4, -0.2) is 30.4 Å². The van der Waals surface area contributed by atoms with Crippen molar-refractivity contribution in [2.75, 3.05) is 19.7 Å². The Morgan fingerprint density at radius 2 is 2.12 bits per heavy atom. The molecule has 1 aromatic rings. The third-order valence-corrected chi connectivity index (χ3v) is 2.19. The molecule has 96 valence electrons. The van der Waals surface area contributed by atoms with E-state index in [0.29, 0.717) is 6.54 Å². The highest BCUT2D eigenvalue weighted by molar-refractivity contribution is 5.24. The van der Waals surface area contributed by atoms with Crippen LogP contribution in [0, 0.1) is 11.6 Å². The molecule has 1 unspecified atom stereocenters. The second-order valence-corrected chi connectivity index (χ2v) is 4.14. The normalized spacial score (nSPS) is 14.4. The number of hydrogen-bond acceptors (Lipinski definition) is 3. The van der Waals surface area contributed by atoms with Gasteiger partial charge in [0.1, 0.15) is 18.0 Å². The highest BCUT2D eigenvalue weighted by Crippen LogP contribution is 2.18. The maximum Gasteiger partial charge on any atom is 0.167 e. The van der Waals surface area contributed by atoms with Gasteiger partial charge >= 0.3 is 0 Å². The van der Waals surface area contributed by atoms with Gasteiger partial charge in [0.2, 0.25) is 0 Å². The van der Waals surface area contributed by atoms with Crippen molar-refractivity contribution >= 4 is 0 Å². The minimum Gasteiger partial charge on any atom is -0.487 e. The highest BCUT2D eigenvalue weighted by Gasteiger charge is 2.21. The number of halogens is 2. The van der Waals surface area contributed by atoms with Crippen molar-refractivity contribution < 1.29 is 18.6 Å². The van der Waals surface area contributed by atoms with Crippen LogP contribution in [0.3, 0.4) is 0 Å². The van der Waals surface area contributed by atoms with E-state index in [-0.39, 0.29) is 12.4 Å². The number of hydrogen-bond donors (Lipinski definition) is 2. The molecule has 0 bridgehead atoms. The maximum absolute atomic E-state index is 13.2. The molecule has 1 rings (SSSR count). The predicted molar refractivity (Wildman–Crippen MR) is 61.0 cm³/mol. The van der Waals surface area contributed by atoms with Gasteiger partial charge in [0, 0.05) is 12.6 Å². The summed E-state index contributed by atoms with van der Waals surface area (Å²) < 4.78 is 31.0. The molecule has 0 saturated carbocycles. The van der Waals surface area contributed by atoms with E-state index in [2.05, 4.69) is 5.32 Å². The molecule has 1 aromatic carbocycles. The Kier molecular flexibility index (Phi) is 4.84. The van der Waals surface area contributed by atoms with Gasteiger partial charge in [0.15, 0.2) is 11.6 Å². The smallest absolute Gasteiger partial charge is 0.167 e. The summed E-state index contributed by atoms with van der Waals surface area (Å²) in [7, 11) is 0. The summed E-state index contributed by atoms with van der Waals surface area (Å²) in [6.45, 7) is 4.49. The molecule has 0 fully saturated rings. The van der Waals surface area contributed by atoms with Crippen molar-refractivity contribution in [2.45, 2.75) is 19.4 Å². The Morgan fingerprint density at radius 3 is 2.71 bits per heavy atom. The molecule has 0 aliphatic heterocycles. The fourth-order valence-electron chi connectivity index (χ4n) is 1.27. The van der Waals surface area contributed by atoms with Crippen LogP contribution in [0.25, 0.3) is 0 Å². The molecule has 2 N–H and O–H groups in total. The van der Waals surface area contributed by atoms with Crippen LogP contribution in [0.2, 0.25) is 0 Å². The van der Waals surface area contributed by atoms with Gasteiger partial charge in [-0.25, -0.2) is 8.78 Å². The number of benzene rings is 1. The quantitative estimate of drug-likeness (QED) is 0.801. The molecule has 3 nitrogen and oxygen atoms in total. The van der Waals surface area contributed by atoms with E-state index in [1.54, 1.807) is 6.92 Å². The van der Waals surface area contributed by atoms with E-state index in [0.717, 1.165) is 18.7 Å². The fourth-order valence-corrected chi connectivity index (χ4v) is 1.27. The summed E-state index contributed by atoms with van der Waals surface area (Å²) in [5, 5.41) is 12.8. The minimum absolute atomic E-state index is 0.0665. The van der Waals surface area contributed by atoms with Gasteiger partial charge in [-0.15, -0.1) is 0 Å². The monoisotopic (exact) mass is 245 g/mol. The predicted octanol–water partition coefficient (Wildman–Crippen LogP) is 1.70. The number of nitrogens with one attached hydrogen (secondary N) is 1. The van der Waals surface area contributed by atoms with Crippen LogP contribution in [0.1, 0.15) is 13.8 Å². The summed E-state index contributed by atoms with van der Waals surface area (Å²) in [5.41, 5.74) is -1.10. The van der Waals surface area contributed by atoms with Gasteiger partial charge < -0.3 is 15.2 Å². The van der Waals surface area contributed by atoms with E-state index in [4.69, 9.17) is 4.74 Å². The molecule has 0 heterocycles. The average molecular weight is 245 g/mol. The van der Waals surface area contributed by atoms with Gasteiger partial charge in [-0.05, 0) is 25.6 Å². The van der Waals surface area contributed by atoms with E-state index in [9.17, 15) is 13.9 Å². The van der Waals surface area contributed by atoms with Crippen molar-refractivity contribution in [2.24, 2.45) is 0 Å². The molecule has 0 radical (unpaired) electrons. The standard InChI is InChI=1S/C12H17F2NO2/c1-3-15-7-12(2,16)8-17-11-5-4-9(13)6-10(11)14/h4-6,15-16H,3,7-8H2,1-2H3. The first-order valence-corrected chi connectivity index (χ1v) is 5.45. The Hall–Kier alpha value is -1.20. The zero-order valence-corrected chi connectivity index (χ0v) is 9.96. The van der Waals surface area contributed by atoms with Crippen molar-refractivity contribution in [1.82, 2.24) is 5.32 Å². The van der Waals surface area contributed by atoms with Crippen LogP contribution in [0.4, 0.5) is 8.78 Å². The first-order valence-electron chi connectivity index (χ1n) is 5.45. The summed E-state index contributed by atoms with van der Waals surface area (Å²) in [4.78, 5) is 0. The lowest BCUT2D eigenvalue weighted by atomic mass is 10.1. The Balaban J connectivity index is 2.54. The number of ether oxygens (including phenoxy) is 1. The second kappa shape index (κ2) is 5.93. The molecule has 17 heavy (non-hydrogen) atoms. The molecule has 0 aliphatic rings. The Bertz CT molecular complexity index is 370. The highest BCUT2D eigenvalue weighted by atomic mass is 19.1. The topological polar surface area (TPSA) is 41.5 Å². The summed E-state index contributed by atoms with van der Waals surface area (Å²) in [6, 6.07) is 3.06. The zero-order chi connectivity index (χ0) is 12.9. The van der Waals surface area contributed by atoms with Crippen LogP contribution in [0.15, 0.2) is 18.2 Å². The third-order valence-electron chi connectivity index (χ3n) is 2.19. The Morgan fingerprint density at radius 1 is 1.41 bits per heavy atom. The molecule has 0 spiro atoms. The maximum atomic E-state index is 13.2. The van der Waals surface area contributed by atoms with Crippen molar-refractivity contribution in [3.05, 3.63) is 29.8 Å². The lowest BCUT2D eigenvalue weighted by Crippen LogP contribution is -2.42.